The van der Waals surface area contributed by atoms with Crippen LogP contribution in [0.4, 0.5) is 18.9 Å². The number of carbonyl (C=O) groups excluding carboxylic acids is 1. The molecule has 7 nitrogen and oxygen atoms in total. The van der Waals surface area contributed by atoms with Crippen molar-refractivity contribution in [2.75, 3.05) is 39.0 Å². The lowest BCUT2D eigenvalue weighted by Gasteiger charge is -2.12. The Morgan fingerprint density at radius 2 is 1.97 bits per heavy atom. The van der Waals surface area contributed by atoms with E-state index in [1.807, 2.05) is 0 Å². The number of pyridine rings is 1. The molecule has 0 aliphatic carbocycles. The Bertz CT molecular complexity index is 1470. The topological polar surface area (TPSA) is 78.9 Å². The zero-order valence-electron chi connectivity index (χ0n) is 21.3. The third-order valence-electron chi connectivity index (χ3n) is 5.38. The molecule has 2 aromatic carbocycles. The van der Waals surface area contributed by atoms with Gasteiger partial charge in [0.1, 0.15) is 23.0 Å². The monoisotopic (exact) mass is 533 g/mol. The van der Waals surface area contributed by atoms with E-state index in [-0.39, 0.29) is 11.3 Å². The maximum Gasteiger partial charge on any atom is 0.417 e. The van der Waals surface area contributed by atoms with Crippen molar-refractivity contribution in [2.45, 2.75) is 6.18 Å². The molecule has 200 valence electrons. The second-order valence-corrected chi connectivity index (χ2v) is 8.83. The number of amidine groups is 1. The Kier molecular flexibility index (Phi) is 8.63. The lowest BCUT2D eigenvalue weighted by atomic mass is 10.1. The van der Waals surface area contributed by atoms with E-state index in [0.717, 1.165) is 18.4 Å². The number of alkyl halides is 3. The van der Waals surface area contributed by atoms with Gasteiger partial charge in [-0.25, -0.2) is 0 Å². The number of nitrogens with one attached hydrogen (secondary N) is 2. The van der Waals surface area contributed by atoms with Crippen molar-refractivity contribution in [3.05, 3.63) is 89.3 Å². The van der Waals surface area contributed by atoms with Crippen LogP contribution < -0.4 is 15.4 Å². The number of amides is 1. The highest BCUT2D eigenvalue weighted by atomic mass is 19.4. The fourth-order valence-electron chi connectivity index (χ4n) is 3.61. The summed E-state index contributed by atoms with van der Waals surface area (Å²) in [6, 6.07) is 14.1. The number of halogens is 3. The van der Waals surface area contributed by atoms with Crippen LogP contribution in [0.25, 0.3) is 6.08 Å². The van der Waals surface area contributed by atoms with Gasteiger partial charge in [0.05, 0.1) is 18.7 Å². The number of anilines is 1. The average Bonchev–Trinajstić information content (AvgIpc) is 3.43. The molecular formula is C29H26F3N5O2. The van der Waals surface area contributed by atoms with Crippen LogP contribution in [0.3, 0.4) is 0 Å². The molecular weight excluding hydrogens is 507 g/mol. The van der Waals surface area contributed by atoms with Gasteiger partial charge in [0.25, 0.3) is 0 Å². The number of carbonyl (C=O) groups is 1. The Hall–Kier alpha value is -4.62. The van der Waals surface area contributed by atoms with Crippen molar-refractivity contribution in [2.24, 2.45) is 4.99 Å². The summed E-state index contributed by atoms with van der Waals surface area (Å²) >= 11 is 0. The van der Waals surface area contributed by atoms with Gasteiger partial charge in [-0.3, -0.25) is 19.7 Å². The zero-order valence-corrected chi connectivity index (χ0v) is 21.3. The number of aliphatic imine (C=N–C) groups is 1. The molecule has 0 spiro atoms. The van der Waals surface area contributed by atoms with Crippen LogP contribution in [0.5, 0.6) is 11.5 Å². The smallest absolute Gasteiger partial charge is 0.417 e. The maximum absolute atomic E-state index is 13.6. The summed E-state index contributed by atoms with van der Waals surface area (Å²) in [5.74, 6) is 6.51. The van der Waals surface area contributed by atoms with E-state index in [4.69, 9.17) is 4.74 Å². The quantitative estimate of drug-likeness (QED) is 0.337. The minimum Gasteiger partial charge on any atom is -0.457 e. The van der Waals surface area contributed by atoms with E-state index in [9.17, 15) is 18.0 Å². The molecule has 0 atom stereocenters. The van der Waals surface area contributed by atoms with Crippen LogP contribution in [0, 0.1) is 11.8 Å². The third-order valence-corrected chi connectivity index (χ3v) is 5.38. The number of aromatic nitrogens is 1. The van der Waals surface area contributed by atoms with Crippen LogP contribution in [-0.2, 0) is 11.0 Å². The molecule has 10 heteroatoms. The summed E-state index contributed by atoms with van der Waals surface area (Å²) in [7, 11) is 3.55. The Labute approximate surface area is 224 Å². The number of ether oxygens (including phenoxy) is 1. The largest absolute Gasteiger partial charge is 0.457 e. The van der Waals surface area contributed by atoms with E-state index in [2.05, 4.69) is 32.5 Å². The Morgan fingerprint density at radius 1 is 1.15 bits per heavy atom. The van der Waals surface area contributed by atoms with Gasteiger partial charge in [0.15, 0.2) is 0 Å². The minimum absolute atomic E-state index is 0.0158. The van der Waals surface area contributed by atoms with Crippen molar-refractivity contribution < 1.29 is 22.7 Å². The predicted molar refractivity (Wildman–Crippen MR) is 145 cm³/mol. The lowest BCUT2D eigenvalue weighted by molar-refractivity contribution is -0.137. The van der Waals surface area contributed by atoms with Gasteiger partial charge in [-0.1, -0.05) is 24.0 Å². The molecule has 3 aromatic rings. The molecule has 1 aromatic heterocycles. The van der Waals surface area contributed by atoms with Gasteiger partial charge in [-0.05, 0) is 62.1 Å². The molecule has 0 bridgehead atoms. The summed E-state index contributed by atoms with van der Waals surface area (Å²) in [6.07, 6.45) is -0.196. The zero-order chi connectivity index (χ0) is 27.8. The van der Waals surface area contributed by atoms with Crippen LogP contribution >= 0.6 is 0 Å². The van der Waals surface area contributed by atoms with Gasteiger partial charge in [-0.15, -0.1) is 0 Å². The minimum atomic E-state index is -4.62. The van der Waals surface area contributed by atoms with E-state index >= 15 is 0 Å². The molecule has 0 radical (unpaired) electrons. The average molecular weight is 534 g/mol. The summed E-state index contributed by atoms with van der Waals surface area (Å²) in [4.78, 5) is 22.9. The summed E-state index contributed by atoms with van der Waals surface area (Å²) in [5.41, 5.74) is 0.308. The van der Waals surface area contributed by atoms with E-state index in [0.29, 0.717) is 35.8 Å². The van der Waals surface area contributed by atoms with Gasteiger partial charge in [0.2, 0.25) is 5.91 Å². The Morgan fingerprint density at radius 3 is 2.72 bits per heavy atom. The number of hydrogen-bond acceptors (Lipinski definition) is 6. The normalized spacial score (nSPS) is 13.0. The Balaban J connectivity index is 1.43. The van der Waals surface area contributed by atoms with Crippen LogP contribution in [0.15, 0.2) is 71.9 Å². The number of hydrogen-bond donors (Lipinski definition) is 2. The highest BCUT2D eigenvalue weighted by Crippen LogP contribution is 2.33. The summed E-state index contributed by atoms with van der Waals surface area (Å²) in [5, 5.41) is 5.64. The second-order valence-electron chi connectivity index (χ2n) is 8.83. The lowest BCUT2D eigenvalue weighted by Crippen LogP contribution is -2.20. The number of rotatable bonds is 7. The first-order valence-electron chi connectivity index (χ1n) is 12.0. The molecule has 4 rings (SSSR count). The van der Waals surface area contributed by atoms with Gasteiger partial charge < -0.3 is 15.4 Å². The molecule has 39 heavy (non-hydrogen) atoms. The molecule has 1 amide bonds. The molecule has 2 heterocycles. The summed E-state index contributed by atoms with van der Waals surface area (Å²) in [6.45, 7) is 1.79. The highest BCUT2D eigenvalue weighted by molar-refractivity contribution is 6.02. The fraction of sp³-hybridized carbons (Fsp3) is 0.207. The maximum atomic E-state index is 13.6. The molecule has 0 saturated carbocycles. The first kappa shape index (κ1) is 27.4. The van der Waals surface area contributed by atoms with Crippen LogP contribution in [0.2, 0.25) is 0 Å². The SMILES string of the molecule is CN(C)CC#Cc1ccc(NC(=O)/C=C/c2cccc(Oc3ccnc(C4=NCCN4)c3)c2)cc1C(F)(F)F. The standard InChI is InChI=1S/C29H26F3N5O2/c1-37(2)16-4-6-21-9-10-22(18-25(21)29(30,31)32)36-27(38)11-8-20-5-3-7-23(17-20)39-24-12-13-33-26(19-24)28-34-14-15-35-28/h3,5,7-13,17-19H,14-16H2,1-2H3,(H,34,35)(H,36,38)/b11-8+. The van der Waals surface area contributed by atoms with Crippen molar-refractivity contribution in [1.82, 2.24) is 15.2 Å². The first-order chi connectivity index (χ1) is 18.7. The van der Waals surface area contributed by atoms with Gasteiger partial charge in [0, 0.05) is 36.1 Å². The van der Waals surface area contributed by atoms with Crippen LogP contribution in [0.1, 0.15) is 22.4 Å². The predicted octanol–water partition coefficient (Wildman–Crippen LogP) is 4.81. The van der Waals surface area contributed by atoms with Crippen LogP contribution in [-0.4, -0.2) is 55.4 Å². The molecule has 2 N–H and O–H groups in total. The van der Waals surface area contributed by atoms with Gasteiger partial charge in [-0.2, -0.15) is 13.2 Å². The molecule has 0 fully saturated rings. The first-order valence-corrected chi connectivity index (χ1v) is 12.0. The molecule has 1 aliphatic heterocycles. The highest BCUT2D eigenvalue weighted by Gasteiger charge is 2.33. The van der Waals surface area contributed by atoms with Gasteiger partial charge >= 0.3 is 6.18 Å². The number of nitrogens with zero attached hydrogens (tertiary/aromatic N) is 3. The molecule has 0 unspecified atom stereocenters. The molecule has 0 saturated heterocycles. The third kappa shape index (κ3) is 7.93. The van der Waals surface area contributed by atoms with E-state index in [1.54, 1.807) is 67.7 Å². The van der Waals surface area contributed by atoms with E-state index in [1.165, 1.54) is 18.2 Å². The van der Waals surface area contributed by atoms with E-state index < -0.39 is 17.6 Å². The molecule has 1 aliphatic rings. The summed E-state index contributed by atoms with van der Waals surface area (Å²) < 4.78 is 46.7. The van der Waals surface area contributed by atoms with Crippen molar-refractivity contribution >= 4 is 23.5 Å². The second kappa shape index (κ2) is 12.3. The number of benzene rings is 2. The van der Waals surface area contributed by atoms with Crippen molar-refractivity contribution in [3.8, 4) is 23.3 Å². The van der Waals surface area contributed by atoms with Crippen molar-refractivity contribution in [1.29, 1.82) is 0 Å². The fourth-order valence-corrected chi connectivity index (χ4v) is 3.61. The van der Waals surface area contributed by atoms with Crippen molar-refractivity contribution in [3.63, 3.8) is 0 Å².